The molecule has 0 saturated heterocycles. The monoisotopic (exact) mass is 523 g/mol. The van der Waals surface area contributed by atoms with E-state index < -0.39 is 29.7 Å². The van der Waals surface area contributed by atoms with E-state index in [-0.39, 0.29) is 41.7 Å². The van der Waals surface area contributed by atoms with Gasteiger partial charge in [0, 0.05) is 24.4 Å². The number of benzene rings is 1. The molecule has 1 aromatic heterocycles. The second-order valence-corrected chi connectivity index (χ2v) is 8.35. The molecule has 0 unspecified atom stereocenters. The molecule has 1 aliphatic heterocycles. The van der Waals surface area contributed by atoms with E-state index in [1.165, 1.54) is 38.4 Å². The van der Waals surface area contributed by atoms with Crippen LogP contribution < -0.4 is 0 Å². The van der Waals surface area contributed by atoms with E-state index in [9.17, 15) is 22.4 Å². The van der Waals surface area contributed by atoms with Crippen LogP contribution in [0.25, 0.3) is 0 Å². The maximum atomic E-state index is 14.6. The normalized spacial score (nSPS) is 23.7. The third-order valence-corrected chi connectivity index (χ3v) is 5.54. The summed E-state index contributed by atoms with van der Waals surface area (Å²) in [5, 5.41) is 0. The van der Waals surface area contributed by atoms with Crippen molar-refractivity contribution < 1.29 is 27.1 Å². The molecule has 0 fully saturated rings. The third kappa shape index (κ3) is 4.96. The molecule has 1 aliphatic rings. The SMILES string of the molecule is CC1=N[C@](C)(c2cc(CC(=O)c3ncc(Br)cn3)ccc2F)CO[C@@]1(C)C(F)(F)F.Cl. The minimum absolute atomic E-state index is 0. The molecular formula is C20H19BrClF4N3O2. The lowest BCUT2D eigenvalue weighted by Crippen LogP contribution is -2.56. The van der Waals surface area contributed by atoms with Gasteiger partial charge in [-0.25, -0.2) is 14.4 Å². The predicted molar refractivity (Wildman–Crippen MR) is 112 cm³/mol. The third-order valence-electron chi connectivity index (χ3n) is 5.13. The van der Waals surface area contributed by atoms with Gasteiger partial charge in [-0.15, -0.1) is 12.4 Å². The molecule has 1 aromatic carbocycles. The van der Waals surface area contributed by atoms with Crippen LogP contribution in [0.4, 0.5) is 17.6 Å². The first kappa shape index (κ1) is 25.4. The van der Waals surface area contributed by atoms with Crippen LogP contribution in [0.1, 0.15) is 42.5 Å². The second kappa shape index (κ2) is 8.91. The zero-order valence-corrected chi connectivity index (χ0v) is 19.2. The maximum Gasteiger partial charge on any atom is 0.422 e. The van der Waals surface area contributed by atoms with E-state index in [0.29, 0.717) is 10.0 Å². The standard InChI is InChI=1S/C20H18BrF4N3O2.ClH/c1-11-19(3,20(23,24)25)30-10-18(2,28-11)14-6-12(4-5-15(14)22)7-16(29)17-26-8-13(21)9-27-17;/h4-6,8-9H,7,10H2,1-3H3;1H/t18-,19+;/m0./s1. The van der Waals surface area contributed by atoms with E-state index in [1.54, 1.807) is 0 Å². The number of carbonyl (C=O) groups is 1. The van der Waals surface area contributed by atoms with Crippen molar-refractivity contribution in [3.05, 3.63) is 57.8 Å². The van der Waals surface area contributed by atoms with Crippen LogP contribution >= 0.6 is 28.3 Å². The Balaban J connectivity index is 0.00000341. The number of hydrogen-bond acceptors (Lipinski definition) is 5. The Bertz CT molecular complexity index is 1020. The summed E-state index contributed by atoms with van der Waals surface area (Å²) >= 11 is 3.18. The molecule has 2 aromatic rings. The molecule has 3 rings (SSSR count). The molecule has 2 atom stereocenters. The summed E-state index contributed by atoms with van der Waals surface area (Å²) < 4.78 is 60.5. The molecule has 0 aliphatic carbocycles. The summed E-state index contributed by atoms with van der Waals surface area (Å²) in [7, 11) is 0. The number of aliphatic imine (C=N–C) groups is 1. The van der Waals surface area contributed by atoms with Crippen molar-refractivity contribution in [1.82, 2.24) is 9.97 Å². The summed E-state index contributed by atoms with van der Waals surface area (Å²) in [6, 6.07) is 4.01. The van der Waals surface area contributed by atoms with Gasteiger partial charge in [-0.05, 0) is 54.4 Å². The summed E-state index contributed by atoms with van der Waals surface area (Å²) in [5.74, 6) is -1.02. The number of ketones is 1. The molecular weight excluding hydrogens is 506 g/mol. The lowest BCUT2D eigenvalue weighted by Gasteiger charge is -2.41. The molecule has 0 spiro atoms. The van der Waals surface area contributed by atoms with Gasteiger partial charge in [-0.1, -0.05) is 6.07 Å². The zero-order chi connectivity index (χ0) is 22.3. The van der Waals surface area contributed by atoms with Gasteiger partial charge in [0.1, 0.15) is 11.4 Å². The number of carbonyl (C=O) groups excluding carboxylic acids is 1. The minimum atomic E-state index is -4.65. The predicted octanol–water partition coefficient (Wildman–Crippen LogP) is 5.25. The lowest BCUT2D eigenvalue weighted by atomic mass is 9.87. The van der Waals surface area contributed by atoms with Gasteiger partial charge >= 0.3 is 6.18 Å². The highest BCUT2D eigenvalue weighted by atomic mass is 79.9. The quantitative estimate of drug-likeness (QED) is 0.405. The lowest BCUT2D eigenvalue weighted by molar-refractivity contribution is -0.249. The zero-order valence-electron chi connectivity index (χ0n) is 16.8. The second-order valence-electron chi connectivity index (χ2n) is 7.43. The van der Waals surface area contributed by atoms with Gasteiger partial charge in [0.2, 0.25) is 5.78 Å². The molecule has 0 radical (unpaired) electrons. The number of nitrogens with zero attached hydrogens (tertiary/aromatic N) is 3. The number of aromatic nitrogens is 2. The van der Waals surface area contributed by atoms with E-state index in [4.69, 9.17) is 4.74 Å². The summed E-state index contributed by atoms with van der Waals surface area (Å²) in [5.41, 5.74) is -3.69. The Morgan fingerprint density at radius 3 is 2.39 bits per heavy atom. The van der Waals surface area contributed by atoms with Crippen LogP contribution in [0.15, 0.2) is 40.1 Å². The number of rotatable bonds is 4. The minimum Gasteiger partial charge on any atom is -0.357 e. The highest BCUT2D eigenvalue weighted by Crippen LogP contribution is 2.42. The van der Waals surface area contributed by atoms with Gasteiger partial charge in [0.05, 0.1) is 16.8 Å². The fourth-order valence-electron chi connectivity index (χ4n) is 3.14. The molecule has 0 N–H and O–H groups in total. The maximum absolute atomic E-state index is 14.6. The smallest absolute Gasteiger partial charge is 0.357 e. The first-order valence-corrected chi connectivity index (χ1v) is 9.72. The fraction of sp³-hybridized carbons (Fsp3) is 0.400. The number of halogens is 6. The van der Waals surface area contributed by atoms with E-state index in [1.807, 2.05) is 0 Å². The average molecular weight is 525 g/mol. The van der Waals surface area contributed by atoms with Gasteiger partial charge in [-0.3, -0.25) is 9.79 Å². The molecule has 168 valence electrons. The molecule has 5 nitrogen and oxygen atoms in total. The van der Waals surface area contributed by atoms with Crippen molar-refractivity contribution in [2.24, 2.45) is 4.99 Å². The van der Waals surface area contributed by atoms with Crippen LogP contribution in [0.2, 0.25) is 0 Å². The molecule has 0 amide bonds. The Kier molecular flexibility index (Phi) is 7.29. The fourth-order valence-corrected chi connectivity index (χ4v) is 3.34. The van der Waals surface area contributed by atoms with Crippen molar-refractivity contribution >= 4 is 39.8 Å². The molecule has 2 heterocycles. The number of ether oxygens (including phenoxy) is 1. The highest BCUT2D eigenvalue weighted by Gasteiger charge is 2.58. The van der Waals surface area contributed by atoms with Crippen LogP contribution in [-0.2, 0) is 16.7 Å². The molecule has 11 heteroatoms. The van der Waals surface area contributed by atoms with Crippen LogP contribution in [0, 0.1) is 5.82 Å². The van der Waals surface area contributed by atoms with Crippen LogP contribution in [0.5, 0.6) is 0 Å². The molecule has 0 saturated carbocycles. The van der Waals surface area contributed by atoms with E-state index >= 15 is 0 Å². The van der Waals surface area contributed by atoms with Gasteiger partial charge in [-0.2, -0.15) is 13.2 Å². The summed E-state index contributed by atoms with van der Waals surface area (Å²) in [6.45, 7) is 3.13. The Morgan fingerprint density at radius 2 is 1.84 bits per heavy atom. The molecule has 0 bridgehead atoms. The van der Waals surface area contributed by atoms with Crippen molar-refractivity contribution in [3.8, 4) is 0 Å². The highest BCUT2D eigenvalue weighted by molar-refractivity contribution is 9.10. The Labute approximate surface area is 190 Å². The topological polar surface area (TPSA) is 64.4 Å². The Hall–Kier alpha value is -1.91. The van der Waals surface area contributed by atoms with Gasteiger partial charge in [0.15, 0.2) is 11.4 Å². The largest absolute Gasteiger partial charge is 0.422 e. The van der Waals surface area contributed by atoms with Crippen molar-refractivity contribution in [3.63, 3.8) is 0 Å². The average Bonchev–Trinajstić information content (AvgIpc) is 2.66. The van der Waals surface area contributed by atoms with Gasteiger partial charge < -0.3 is 4.74 Å². The van der Waals surface area contributed by atoms with Crippen LogP contribution in [-0.4, -0.2) is 39.8 Å². The summed E-state index contributed by atoms with van der Waals surface area (Å²) in [4.78, 5) is 24.5. The van der Waals surface area contributed by atoms with Crippen molar-refractivity contribution in [2.75, 3.05) is 6.61 Å². The van der Waals surface area contributed by atoms with Crippen molar-refractivity contribution in [2.45, 2.75) is 44.5 Å². The first-order chi connectivity index (χ1) is 13.9. The molecule has 31 heavy (non-hydrogen) atoms. The summed E-state index contributed by atoms with van der Waals surface area (Å²) in [6.07, 6.45) is -1.88. The number of alkyl halides is 3. The van der Waals surface area contributed by atoms with Crippen LogP contribution in [0.3, 0.4) is 0 Å². The number of Topliss-reactive ketones (excluding diaryl/α,β-unsaturated/α-hetero) is 1. The number of hydrogen-bond donors (Lipinski definition) is 0. The first-order valence-electron chi connectivity index (χ1n) is 8.93. The van der Waals surface area contributed by atoms with E-state index in [2.05, 4.69) is 30.9 Å². The van der Waals surface area contributed by atoms with Crippen molar-refractivity contribution in [1.29, 1.82) is 0 Å². The van der Waals surface area contributed by atoms with Gasteiger partial charge in [0.25, 0.3) is 0 Å². The van der Waals surface area contributed by atoms with E-state index in [0.717, 1.165) is 13.0 Å². The Morgan fingerprint density at radius 1 is 1.23 bits per heavy atom.